The molecule has 0 radical (unpaired) electrons. The minimum absolute atomic E-state index is 0.0135. The van der Waals surface area contributed by atoms with E-state index in [1.807, 2.05) is 19.1 Å². The van der Waals surface area contributed by atoms with Gasteiger partial charge in [0.15, 0.2) is 0 Å². The zero-order chi connectivity index (χ0) is 11.0. The molecule has 0 heterocycles. The molecule has 0 amide bonds. The Labute approximate surface area is 85.6 Å². The van der Waals surface area contributed by atoms with Gasteiger partial charge in [0.2, 0.25) is 0 Å². The maximum Gasteiger partial charge on any atom is 0.307 e. The summed E-state index contributed by atoms with van der Waals surface area (Å²) in [4.78, 5) is 10.3. The molecule has 0 fully saturated rings. The molecule has 0 atom stereocenters. The van der Waals surface area contributed by atoms with Crippen LogP contribution in [0.1, 0.15) is 33.1 Å². The van der Waals surface area contributed by atoms with E-state index in [0.29, 0.717) is 5.57 Å². The quantitative estimate of drug-likeness (QED) is 0.658. The molecule has 0 aliphatic rings. The third-order valence-corrected chi connectivity index (χ3v) is 1.82. The van der Waals surface area contributed by atoms with E-state index in [4.69, 9.17) is 5.11 Å². The predicted octanol–water partition coefficient (Wildman–Crippen LogP) is 3.32. The monoisotopic (exact) mass is 194 g/mol. The Morgan fingerprint density at radius 1 is 1.43 bits per heavy atom. The number of allylic oxidation sites excluding steroid dienone is 4. The third-order valence-electron chi connectivity index (χ3n) is 1.82. The second kappa shape index (κ2) is 7.13. The van der Waals surface area contributed by atoms with E-state index < -0.39 is 5.97 Å². The van der Waals surface area contributed by atoms with Gasteiger partial charge in [-0.3, -0.25) is 4.79 Å². The maximum atomic E-state index is 10.3. The standard InChI is InChI=1S/C12H18O2/c1-4-6-11(5-2)8-7-10(3)9-12(13)14/h5,7-8H,3-4,6,9H2,1-2H3,(H,13,14)/b8-7-,11-5-. The molecule has 0 spiro atoms. The van der Waals surface area contributed by atoms with Crippen molar-refractivity contribution >= 4 is 5.97 Å². The Balaban J connectivity index is 4.14. The van der Waals surface area contributed by atoms with Gasteiger partial charge >= 0.3 is 5.97 Å². The summed E-state index contributed by atoms with van der Waals surface area (Å²) >= 11 is 0. The molecule has 2 nitrogen and oxygen atoms in total. The summed E-state index contributed by atoms with van der Waals surface area (Å²) in [5, 5.41) is 8.50. The average molecular weight is 194 g/mol. The van der Waals surface area contributed by atoms with Gasteiger partial charge in [-0.05, 0) is 18.9 Å². The molecule has 0 saturated carbocycles. The van der Waals surface area contributed by atoms with Crippen molar-refractivity contribution in [2.75, 3.05) is 0 Å². The highest BCUT2D eigenvalue weighted by Gasteiger charge is 1.97. The first kappa shape index (κ1) is 12.7. The number of hydrogen-bond acceptors (Lipinski definition) is 1. The zero-order valence-electron chi connectivity index (χ0n) is 8.92. The van der Waals surface area contributed by atoms with Crippen LogP contribution in [-0.4, -0.2) is 11.1 Å². The number of carboxylic acid groups (broad SMARTS) is 1. The lowest BCUT2D eigenvalue weighted by molar-refractivity contribution is -0.136. The molecule has 2 heteroatoms. The second-order valence-corrected chi connectivity index (χ2v) is 3.18. The lowest BCUT2D eigenvalue weighted by atomic mass is 10.1. The van der Waals surface area contributed by atoms with Crippen LogP contribution in [0.5, 0.6) is 0 Å². The fraction of sp³-hybridized carbons (Fsp3) is 0.417. The van der Waals surface area contributed by atoms with Gasteiger partial charge in [0.05, 0.1) is 6.42 Å². The van der Waals surface area contributed by atoms with Crippen molar-refractivity contribution < 1.29 is 9.90 Å². The van der Waals surface area contributed by atoms with Crippen LogP contribution < -0.4 is 0 Å². The van der Waals surface area contributed by atoms with Crippen LogP contribution in [-0.2, 0) is 4.79 Å². The Morgan fingerprint density at radius 3 is 2.50 bits per heavy atom. The van der Waals surface area contributed by atoms with Crippen molar-refractivity contribution in [3.05, 3.63) is 36.0 Å². The zero-order valence-corrected chi connectivity index (χ0v) is 8.92. The predicted molar refractivity (Wildman–Crippen MR) is 59.2 cm³/mol. The van der Waals surface area contributed by atoms with Crippen molar-refractivity contribution in [3.8, 4) is 0 Å². The fourth-order valence-corrected chi connectivity index (χ4v) is 1.09. The summed E-state index contributed by atoms with van der Waals surface area (Å²) in [6, 6.07) is 0. The summed E-state index contributed by atoms with van der Waals surface area (Å²) in [6.07, 6.45) is 7.88. The van der Waals surface area contributed by atoms with Crippen molar-refractivity contribution in [2.24, 2.45) is 0 Å². The molecule has 78 valence electrons. The number of carboxylic acids is 1. The van der Waals surface area contributed by atoms with E-state index in [0.717, 1.165) is 12.8 Å². The molecule has 0 aromatic heterocycles. The molecule has 0 aliphatic heterocycles. The van der Waals surface area contributed by atoms with Crippen LogP contribution >= 0.6 is 0 Å². The van der Waals surface area contributed by atoms with Gasteiger partial charge in [0.25, 0.3) is 0 Å². The number of rotatable bonds is 6. The van der Waals surface area contributed by atoms with E-state index in [-0.39, 0.29) is 6.42 Å². The Morgan fingerprint density at radius 2 is 2.07 bits per heavy atom. The van der Waals surface area contributed by atoms with Gasteiger partial charge in [-0.1, -0.05) is 43.7 Å². The highest BCUT2D eigenvalue weighted by atomic mass is 16.4. The molecule has 0 aromatic carbocycles. The third kappa shape index (κ3) is 6.23. The molecule has 14 heavy (non-hydrogen) atoms. The smallest absolute Gasteiger partial charge is 0.307 e. The van der Waals surface area contributed by atoms with E-state index >= 15 is 0 Å². The molecule has 0 saturated heterocycles. The van der Waals surface area contributed by atoms with Gasteiger partial charge in [-0.2, -0.15) is 0 Å². The SMILES string of the molecule is C=C(/C=C\C(=C/C)CCC)CC(=O)O. The topological polar surface area (TPSA) is 37.3 Å². The van der Waals surface area contributed by atoms with Gasteiger partial charge in [0, 0.05) is 0 Å². The first-order valence-corrected chi connectivity index (χ1v) is 4.83. The molecule has 0 bridgehead atoms. The summed E-state index contributed by atoms with van der Waals surface area (Å²) in [6.45, 7) is 7.76. The largest absolute Gasteiger partial charge is 0.481 e. The Bertz CT molecular complexity index is 259. The van der Waals surface area contributed by atoms with Gasteiger partial charge in [0.1, 0.15) is 0 Å². The van der Waals surface area contributed by atoms with E-state index in [2.05, 4.69) is 13.5 Å². The second-order valence-electron chi connectivity index (χ2n) is 3.18. The van der Waals surface area contributed by atoms with Crippen molar-refractivity contribution in [3.63, 3.8) is 0 Å². The highest BCUT2D eigenvalue weighted by molar-refractivity contribution is 5.70. The minimum atomic E-state index is -0.836. The number of hydrogen-bond donors (Lipinski definition) is 1. The Kier molecular flexibility index (Phi) is 6.46. The van der Waals surface area contributed by atoms with Crippen LogP contribution in [0.3, 0.4) is 0 Å². The fourth-order valence-electron chi connectivity index (χ4n) is 1.09. The highest BCUT2D eigenvalue weighted by Crippen LogP contribution is 2.09. The van der Waals surface area contributed by atoms with Crippen molar-refractivity contribution in [1.29, 1.82) is 0 Å². The maximum absolute atomic E-state index is 10.3. The van der Waals surface area contributed by atoms with Crippen LogP contribution in [0, 0.1) is 0 Å². The van der Waals surface area contributed by atoms with Crippen molar-refractivity contribution in [1.82, 2.24) is 0 Å². The van der Waals surface area contributed by atoms with Gasteiger partial charge in [-0.15, -0.1) is 0 Å². The minimum Gasteiger partial charge on any atom is -0.481 e. The number of aliphatic carboxylic acids is 1. The van der Waals surface area contributed by atoms with Crippen LogP contribution in [0.2, 0.25) is 0 Å². The summed E-state index contributed by atoms with van der Waals surface area (Å²) < 4.78 is 0. The lowest BCUT2D eigenvalue weighted by Gasteiger charge is -1.98. The Hall–Kier alpha value is -1.31. The van der Waals surface area contributed by atoms with Gasteiger partial charge < -0.3 is 5.11 Å². The molecule has 0 aromatic rings. The van der Waals surface area contributed by atoms with Gasteiger partial charge in [-0.25, -0.2) is 0 Å². The summed E-state index contributed by atoms with van der Waals surface area (Å²) in [5.41, 5.74) is 1.85. The van der Waals surface area contributed by atoms with E-state index in [1.54, 1.807) is 6.08 Å². The van der Waals surface area contributed by atoms with Crippen LogP contribution in [0.4, 0.5) is 0 Å². The summed E-state index contributed by atoms with van der Waals surface area (Å²) in [7, 11) is 0. The molecule has 1 N–H and O–H groups in total. The molecule has 0 unspecified atom stereocenters. The average Bonchev–Trinajstić information content (AvgIpc) is 2.11. The molecule has 0 aliphatic carbocycles. The van der Waals surface area contributed by atoms with E-state index in [9.17, 15) is 4.79 Å². The molecular weight excluding hydrogens is 176 g/mol. The first-order chi connectivity index (χ1) is 6.60. The normalized spacial score (nSPS) is 12.0. The first-order valence-electron chi connectivity index (χ1n) is 4.83. The number of carbonyl (C=O) groups is 1. The lowest BCUT2D eigenvalue weighted by Crippen LogP contribution is -1.94. The van der Waals surface area contributed by atoms with Crippen LogP contribution in [0.15, 0.2) is 36.0 Å². The van der Waals surface area contributed by atoms with Crippen molar-refractivity contribution in [2.45, 2.75) is 33.1 Å². The molecular formula is C12H18O2. The van der Waals surface area contributed by atoms with E-state index in [1.165, 1.54) is 5.57 Å². The summed E-state index contributed by atoms with van der Waals surface area (Å²) in [5.74, 6) is -0.836. The van der Waals surface area contributed by atoms with Crippen LogP contribution in [0.25, 0.3) is 0 Å². The molecule has 0 rings (SSSR count).